The molecule has 0 aliphatic rings. The summed E-state index contributed by atoms with van der Waals surface area (Å²) in [5.41, 5.74) is 0. The van der Waals surface area contributed by atoms with Crippen molar-refractivity contribution in [2.75, 3.05) is 39.6 Å². The Bertz CT molecular complexity index is 3200. The number of allylic oxidation sites excluding steroid dienone is 32. The average Bonchev–Trinajstić information content (AvgIpc) is 0.896. The van der Waals surface area contributed by atoms with E-state index in [4.69, 9.17) is 32.3 Å². The lowest BCUT2D eigenvalue weighted by Gasteiger charge is -2.21. The number of carbonyl (C=O) groups excluding carboxylic acids is 3. The van der Waals surface area contributed by atoms with Gasteiger partial charge in [0.05, 0.1) is 26.4 Å². The second kappa shape index (κ2) is 105. The Morgan fingerprint density at radius 2 is 0.376 bits per heavy atom. The summed E-state index contributed by atoms with van der Waals surface area (Å²) in [6.07, 6.45) is 142. The maximum Gasteiger partial charge on any atom is 0.472 e. The number of ether oxygens (including phenoxy) is 3. The number of phosphoric ester groups is 2. The van der Waals surface area contributed by atoms with Crippen molar-refractivity contribution in [1.82, 2.24) is 0 Å². The lowest BCUT2D eigenvalue weighted by atomic mass is 10.0. The van der Waals surface area contributed by atoms with Gasteiger partial charge in [-0.25, -0.2) is 9.13 Å². The van der Waals surface area contributed by atoms with Gasteiger partial charge in [-0.15, -0.1) is 0 Å². The van der Waals surface area contributed by atoms with E-state index in [1.807, 2.05) is 0 Å². The Labute approximate surface area is 814 Å². The molecule has 0 spiro atoms. The van der Waals surface area contributed by atoms with Gasteiger partial charge in [-0.2, -0.15) is 0 Å². The molecule has 0 saturated heterocycles. The Balaban J connectivity index is 4.62. The van der Waals surface area contributed by atoms with Crippen LogP contribution < -0.4 is 0 Å². The van der Waals surface area contributed by atoms with Gasteiger partial charge in [-0.1, -0.05) is 472 Å². The quantitative estimate of drug-likeness (QED) is 0.0146. The maximum absolute atomic E-state index is 13.2. The first-order valence-electron chi connectivity index (χ1n) is 53.7. The van der Waals surface area contributed by atoms with Gasteiger partial charge < -0.3 is 34.2 Å². The van der Waals surface area contributed by atoms with E-state index >= 15 is 0 Å². The number of aliphatic hydroxyl groups is 2. The molecule has 0 fully saturated rings. The summed E-state index contributed by atoms with van der Waals surface area (Å²) in [6, 6.07) is 0. The van der Waals surface area contributed by atoms with Crippen LogP contribution in [0.5, 0.6) is 0 Å². The number of rotatable bonds is 101. The Morgan fingerprint density at radius 1 is 0.211 bits per heavy atom. The highest BCUT2D eigenvalue weighted by molar-refractivity contribution is 7.47. The number of aliphatic hydroxyl groups excluding tert-OH is 2. The number of hydrogen-bond acceptors (Lipinski definition) is 14. The molecule has 5 atom stereocenters. The van der Waals surface area contributed by atoms with Crippen LogP contribution in [-0.4, -0.2) is 95.9 Å². The van der Waals surface area contributed by atoms with Crippen LogP contribution in [0.4, 0.5) is 0 Å². The molecule has 0 bridgehead atoms. The minimum atomic E-state index is -4.95. The third kappa shape index (κ3) is 107. The molecule has 4 N–H and O–H groups in total. The third-order valence-electron chi connectivity index (χ3n) is 22.8. The second-order valence-electron chi connectivity index (χ2n) is 35.6. The third-order valence-corrected chi connectivity index (χ3v) is 24.7. The van der Waals surface area contributed by atoms with Crippen molar-refractivity contribution in [3.8, 4) is 0 Å². The first-order chi connectivity index (χ1) is 65.2. The molecule has 0 aliphatic heterocycles. The van der Waals surface area contributed by atoms with Crippen LogP contribution in [0.15, 0.2) is 194 Å². The van der Waals surface area contributed by atoms with Crippen molar-refractivity contribution in [2.45, 2.75) is 476 Å². The summed E-state index contributed by atoms with van der Waals surface area (Å²) in [6.45, 7) is 2.42. The van der Waals surface area contributed by atoms with E-state index in [0.717, 1.165) is 180 Å². The first-order valence-corrected chi connectivity index (χ1v) is 56.7. The number of esters is 3. The van der Waals surface area contributed by atoms with E-state index in [1.54, 1.807) is 0 Å². The van der Waals surface area contributed by atoms with Crippen LogP contribution in [0.3, 0.4) is 0 Å². The Morgan fingerprint density at radius 3 is 0.594 bits per heavy atom. The van der Waals surface area contributed by atoms with Gasteiger partial charge in [-0.3, -0.25) is 32.5 Å². The largest absolute Gasteiger partial charge is 0.472 e. The molecule has 0 aromatic carbocycles. The van der Waals surface area contributed by atoms with E-state index in [9.17, 15) is 43.5 Å². The molecule has 133 heavy (non-hydrogen) atoms. The summed E-state index contributed by atoms with van der Waals surface area (Å²) >= 11 is 0. The van der Waals surface area contributed by atoms with E-state index in [2.05, 4.69) is 215 Å². The molecule has 0 heterocycles. The molecular formula is C115H196O16P2. The van der Waals surface area contributed by atoms with E-state index in [-0.39, 0.29) is 19.3 Å². The van der Waals surface area contributed by atoms with Crippen LogP contribution >= 0.6 is 15.6 Å². The molecule has 18 heteroatoms. The zero-order chi connectivity index (χ0) is 96.4. The predicted octanol–water partition coefficient (Wildman–Crippen LogP) is 34.5. The molecule has 0 amide bonds. The number of carbonyl (C=O) groups is 3. The standard InChI is InChI=1S/C115H196O16P2/c1-4-7-10-13-16-19-22-25-28-31-34-37-40-43-46-49-52-54-57-59-62-65-68-71-74-77-80-83-86-89-92-95-98-101-113(118)125-104-110(116)105-127-132(121,122)128-106-111(117)107-129-133(123,124)130-109-112(131-115(120)103-100-97-94-91-88-85-82-79-76-73-70-67-64-61-56-51-48-45-42-39-36-33-30-27-24-21-18-15-12-9-6-3)108-126-114(119)102-99-96-93-90-87-84-81-78-75-72-69-66-63-60-58-55-53-50-47-44-41-38-35-32-29-26-23-20-17-14-11-8-5-2/h7-12,16-21,25-30,34-39,43-48,52,54,110-112,116-117H,4-6,13-15,22-24,31-33,40-42,49-51,53,55-109H2,1-3H3,(H,121,122)(H,123,124)/b10-7-,11-8-,12-9-,19-16-,20-17-,21-18-,28-25-,29-26-,30-27-,37-34-,38-35-,39-36-,46-43-,47-44-,48-45-,54-52-. The van der Waals surface area contributed by atoms with E-state index in [0.29, 0.717) is 19.3 Å². The molecule has 0 aliphatic carbocycles. The maximum atomic E-state index is 13.2. The highest BCUT2D eigenvalue weighted by Gasteiger charge is 2.30. The predicted molar refractivity (Wildman–Crippen MR) is 564 cm³/mol. The molecule has 5 unspecified atom stereocenters. The highest BCUT2D eigenvalue weighted by Crippen LogP contribution is 2.45. The monoisotopic (exact) mass is 1900 g/mol. The summed E-state index contributed by atoms with van der Waals surface area (Å²) in [4.78, 5) is 59.3. The number of phosphoric acid groups is 2. The fourth-order valence-corrected chi connectivity index (χ4v) is 16.4. The fourth-order valence-electron chi connectivity index (χ4n) is 14.8. The number of unbranched alkanes of at least 4 members (excludes halogenated alkanes) is 46. The summed E-state index contributed by atoms with van der Waals surface area (Å²) in [5.74, 6) is -1.56. The lowest BCUT2D eigenvalue weighted by molar-refractivity contribution is -0.161. The van der Waals surface area contributed by atoms with Gasteiger partial charge in [0, 0.05) is 19.3 Å². The van der Waals surface area contributed by atoms with Gasteiger partial charge in [0.2, 0.25) is 0 Å². The van der Waals surface area contributed by atoms with E-state index < -0.39 is 91.5 Å². The van der Waals surface area contributed by atoms with Gasteiger partial charge in [0.25, 0.3) is 0 Å². The molecule has 0 radical (unpaired) electrons. The minimum Gasteiger partial charge on any atom is -0.463 e. The fraction of sp³-hybridized carbons (Fsp3) is 0.696. The van der Waals surface area contributed by atoms with Crippen LogP contribution in [0.25, 0.3) is 0 Å². The van der Waals surface area contributed by atoms with Crippen molar-refractivity contribution in [3.63, 3.8) is 0 Å². The van der Waals surface area contributed by atoms with Gasteiger partial charge in [0.1, 0.15) is 25.4 Å². The Hall–Kier alpha value is -5.61. The summed E-state index contributed by atoms with van der Waals surface area (Å²) in [5, 5.41) is 20.8. The molecule has 0 aromatic rings. The van der Waals surface area contributed by atoms with Gasteiger partial charge in [0.15, 0.2) is 6.10 Å². The SMILES string of the molecule is CC/C=C\C/C=C\C/C=C\C/C=C\C/C=C\C/C=C\CCCCCCCCCCCCCCCCC(=O)OCC(O)COP(=O)(O)OCC(O)COP(=O)(O)OCC(COC(=O)CCCCCCCCCCCCCCCCCCC/C=C\C/C=C\C/C=C\C/C=C\C/C=C\CC)OC(=O)CCCCCCCCCCCCCCCCC/C=C\C/C=C\C/C=C\C/C=C\C/C=C\CC. The normalized spacial score (nSPS) is 14.4. The number of hydrogen-bond donors (Lipinski definition) is 4. The van der Waals surface area contributed by atoms with Crippen molar-refractivity contribution in [1.29, 1.82) is 0 Å². The van der Waals surface area contributed by atoms with Crippen LogP contribution in [-0.2, 0) is 55.8 Å². The molecule has 0 aromatic heterocycles. The van der Waals surface area contributed by atoms with Gasteiger partial charge >= 0.3 is 33.6 Å². The highest BCUT2D eigenvalue weighted by atomic mass is 31.2. The van der Waals surface area contributed by atoms with Crippen molar-refractivity contribution in [2.24, 2.45) is 0 Å². The smallest absolute Gasteiger partial charge is 0.463 e. The van der Waals surface area contributed by atoms with Crippen LogP contribution in [0.1, 0.15) is 457 Å². The van der Waals surface area contributed by atoms with Crippen molar-refractivity contribution < 1.29 is 75.8 Å². The van der Waals surface area contributed by atoms with Gasteiger partial charge in [-0.05, 0) is 161 Å². The molecule has 16 nitrogen and oxygen atoms in total. The van der Waals surface area contributed by atoms with Crippen molar-refractivity contribution >= 4 is 33.6 Å². The summed E-state index contributed by atoms with van der Waals surface area (Å²) in [7, 11) is -9.82. The molecule has 762 valence electrons. The zero-order valence-corrected chi connectivity index (χ0v) is 86.4. The second-order valence-corrected chi connectivity index (χ2v) is 38.5. The molecular weight excluding hydrogens is 1700 g/mol. The van der Waals surface area contributed by atoms with Crippen LogP contribution in [0, 0.1) is 0 Å². The molecule has 0 rings (SSSR count). The first kappa shape index (κ1) is 127. The Kier molecular flexibility index (Phi) is 101. The minimum absolute atomic E-state index is 0.102. The van der Waals surface area contributed by atoms with Crippen LogP contribution in [0.2, 0.25) is 0 Å². The molecule has 0 saturated carbocycles. The summed E-state index contributed by atoms with van der Waals surface area (Å²) < 4.78 is 61.8. The average molecular weight is 1900 g/mol. The van der Waals surface area contributed by atoms with E-state index in [1.165, 1.54) is 218 Å². The zero-order valence-electron chi connectivity index (χ0n) is 84.6. The topological polar surface area (TPSA) is 231 Å². The lowest BCUT2D eigenvalue weighted by Crippen LogP contribution is -2.30. The van der Waals surface area contributed by atoms with Crippen molar-refractivity contribution in [3.05, 3.63) is 194 Å².